The van der Waals surface area contributed by atoms with Gasteiger partial charge in [-0.1, -0.05) is 6.92 Å². The van der Waals surface area contributed by atoms with Gasteiger partial charge in [-0.15, -0.1) is 11.3 Å². The fourth-order valence-corrected chi connectivity index (χ4v) is 2.68. The van der Waals surface area contributed by atoms with Crippen LogP contribution in [0.4, 0.5) is 0 Å². The Bertz CT molecular complexity index is 550. The zero-order valence-electron chi connectivity index (χ0n) is 10.8. The molecule has 1 unspecified atom stereocenters. The van der Waals surface area contributed by atoms with E-state index < -0.39 is 5.97 Å². The first-order valence-electron chi connectivity index (χ1n) is 6.00. The first-order chi connectivity index (χ1) is 9.13. The van der Waals surface area contributed by atoms with Gasteiger partial charge < -0.3 is 10.4 Å². The number of carbonyl (C=O) groups is 1. The molecule has 0 bridgehead atoms. The number of aromatic nitrogens is 3. The first-order valence-corrected chi connectivity index (χ1v) is 6.88. The van der Waals surface area contributed by atoms with Gasteiger partial charge in [0.15, 0.2) is 0 Å². The maximum absolute atomic E-state index is 11.1. The van der Waals surface area contributed by atoms with Crippen LogP contribution in [0.5, 0.6) is 0 Å². The van der Waals surface area contributed by atoms with Gasteiger partial charge in [0.25, 0.3) is 0 Å². The minimum atomic E-state index is -0.952. The van der Waals surface area contributed by atoms with Gasteiger partial charge in [0.1, 0.15) is 10.6 Å². The summed E-state index contributed by atoms with van der Waals surface area (Å²) in [5.41, 5.74) is 0.909. The second-order valence-corrected chi connectivity index (χ2v) is 5.07. The van der Waals surface area contributed by atoms with Crippen LogP contribution >= 0.6 is 11.3 Å². The predicted octanol–water partition coefficient (Wildman–Crippen LogP) is 1.82. The molecule has 2 aromatic rings. The highest BCUT2D eigenvalue weighted by Gasteiger charge is 2.17. The van der Waals surface area contributed by atoms with Gasteiger partial charge in [-0.2, -0.15) is 5.10 Å². The summed E-state index contributed by atoms with van der Waals surface area (Å²) < 4.78 is 1.59. The monoisotopic (exact) mass is 280 g/mol. The minimum Gasteiger partial charge on any atom is -0.478 e. The predicted molar refractivity (Wildman–Crippen MR) is 72.2 cm³/mol. The second kappa shape index (κ2) is 5.94. The second-order valence-electron chi connectivity index (χ2n) is 4.15. The average Bonchev–Trinajstić information content (AvgIpc) is 3.01. The number of carboxylic acids is 1. The SMILES string of the molecule is CCC(NCc1c(C(=O)O)cnn1C)c1nccs1. The van der Waals surface area contributed by atoms with Crippen molar-refractivity contribution in [3.8, 4) is 0 Å². The third kappa shape index (κ3) is 2.99. The molecule has 2 heterocycles. The topological polar surface area (TPSA) is 80.0 Å². The van der Waals surface area contributed by atoms with Crippen molar-refractivity contribution in [3.63, 3.8) is 0 Å². The van der Waals surface area contributed by atoms with E-state index in [9.17, 15) is 4.79 Å². The molecule has 7 heteroatoms. The number of aromatic carboxylic acids is 1. The van der Waals surface area contributed by atoms with Crippen molar-refractivity contribution in [3.05, 3.63) is 34.0 Å². The number of nitrogens with zero attached hydrogens (tertiary/aromatic N) is 3. The lowest BCUT2D eigenvalue weighted by atomic mass is 10.2. The normalized spacial score (nSPS) is 12.5. The average molecular weight is 280 g/mol. The van der Waals surface area contributed by atoms with E-state index in [-0.39, 0.29) is 11.6 Å². The zero-order chi connectivity index (χ0) is 13.8. The van der Waals surface area contributed by atoms with Crippen molar-refractivity contribution < 1.29 is 9.90 Å². The van der Waals surface area contributed by atoms with E-state index in [0.717, 1.165) is 11.4 Å². The third-order valence-electron chi connectivity index (χ3n) is 2.97. The summed E-state index contributed by atoms with van der Waals surface area (Å²) in [5.74, 6) is -0.952. The van der Waals surface area contributed by atoms with Crippen LogP contribution in [0.2, 0.25) is 0 Å². The Morgan fingerprint density at radius 1 is 1.63 bits per heavy atom. The number of hydrogen-bond donors (Lipinski definition) is 2. The zero-order valence-corrected chi connectivity index (χ0v) is 11.6. The number of hydrogen-bond acceptors (Lipinski definition) is 5. The lowest BCUT2D eigenvalue weighted by Gasteiger charge is -2.14. The largest absolute Gasteiger partial charge is 0.478 e. The molecule has 19 heavy (non-hydrogen) atoms. The van der Waals surface area contributed by atoms with E-state index in [1.807, 2.05) is 5.38 Å². The molecular weight excluding hydrogens is 264 g/mol. The van der Waals surface area contributed by atoms with E-state index in [0.29, 0.717) is 12.2 Å². The molecule has 0 radical (unpaired) electrons. The highest BCUT2D eigenvalue weighted by atomic mass is 32.1. The minimum absolute atomic E-state index is 0.136. The number of thiazole rings is 1. The number of carboxylic acid groups (broad SMARTS) is 1. The Balaban J connectivity index is 2.10. The van der Waals surface area contributed by atoms with E-state index >= 15 is 0 Å². The number of nitrogens with one attached hydrogen (secondary N) is 1. The van der Waals surface area contributed by atoms with Crippen molar-refractivity contribution in [2.24, 2.45) is 7.05 Å². The van der Waals surface area contributed by atoms with Gasteiger partial charge in [-0.05, 0) is 6.42 Å². The summed E-state index contributed by atoms with van der Waals surface area (Å²) >= 11 is 1.60. The van der Waals surface area contributed by atoms with Gasteiger partial charge in [0.2, 0.25) is 0 Å². The van der Waals surface area contributed by atoms with Gasteiger partial charge in [-0.3, -0.25) is 4.68 Å². The first kappa shape index (κ1) is 13.7. The Kier molecular flexibility index (Phi) is 4.28. The highest BCUT2D eigenvalue weighted by Crippen LogP contribution is 2.19. The lowest BCUT2D eigenvalue weighted by Crippen LogP contribution is -2.22. The van der Waals surface area contributed by atoms with Gasteiger partial charge in [-0.25, -0.2) is 9.78 Å². The highest BCUT2D eigenvalue weighted by molar-refractivity contribution is 7.09. The molecule has 102 valence electrons. The molecule has 2 N–H and O–H groups in total. The third-order valence-corrected chi connectivity index (χ3v) is 3.85. The van der Waals surface area contributed by atoms with Gasteiger partial charge in [0.05, 0.1) is 17.9 Å². The van der Waals surface area contributed by atoms with Crippen molar-refractivity contribution in [2.75, 3.05) is 0 Å². The maximum atomic E-state index is 11.1. The Morgan fingerprint density at radius 2 is 2.42 bits per heavy atom. The van der Waals surface area contributed by atoms with Crippen molar-refractivity contribution >= 4 is 17.3 Å². The molecule has 0 amide bonds. The van der Waals surface area contributed by atoms with Crippen LogP contribution in [-0.4, -0.2) is 25.8 Å². The summed E-state index contributed by atoms with van der Waals surface area (Å²) in [7, 11) is 1.74. The van der Waals surface area contributed by atoms with Crippen LogP contribution in [-0.2, 0) is 13.6 Å². The van der Waals surface area contributed by atoms with Gasteiger partial charge >= 0.3 is 5.97 Å². The Morgan fingerprint density at radius 3 is 3.00 bits per heavy atom. The molecule has 0 aliphatic heterocycles. The molecule has 2 aromatic heterocycles. The summed E-state index contributed by atoms with van der Waals surface area (Å²) in [4.78, 5) is 15.4. The molecule has 2 rings (SSSR count). The van der Waals surface area contributed by atoms with Crippen LogP contribution in [0.15, 0.2) is 17.8 Å². The molecule has 0 saturated carbocycles. The lowest BCUT2D eigenvalue weighted by molar-refractivity contribution is 0.0695. The van der Waals surface area contributed by atoms with E-state index in [1.165, 1.54) is 6.20 Å². The van der Waals surface area contributed by atoms with E-state index in [1.54, 1.807) is 29.3 Å². The standard InChI is InChI=1S/C12H16N4O2S/c1-3-9(11-13-4-5-19-11)14-7-10-8(12(17)18)6-15-16(10)2/h4-6,9,14H,3,7H2,1-2H3,(H,17,18). The molecular formula is C12H16N4O2S. The van der Waals surface area contributed by atoms with Crippen LogP contribution in [0.3, 0.4) is 0 Å². The van der Waals surface area contributed by atoms with Crippen LogP contribution in [0.1, 0.15) is 40.4 Å². The Hall–Kier alpha value is -1.73. The molecule has 6 nitrogen and oxygen atoms in total. The van der Waals surface area contributed by atoms with E-state index in [2.05, 4.69) is 22.3 Å². The number of rotatable bonds is 6. The summed E-state index contributed by atoms with van der Waals surface area (Å²) in [6, 6.07) is 0.136. The number of aryl methyl sites for hydroxylation is 1. The van der Waals surface area contributed by atoms with Crippen molar-refractivity contribution in [1.82, 2.24) is 20.1 Å². The van der Waals surface area contributed by atoms with Crippen molar-refractivity contribution in [1.29, 1.82) is 0 Å². The Labute approximate surface area is 115 Å². The molecule has 0 saturated heterocycles. The molecule has 0 aliphatic rings. The summed E-state index contributed by atoms with van der Waals surface area (Å²) in [6.07, 6.45) is 4.05. The van der Waals surface area contributed by atoms with Gasteiger partial charge in [0, 0.05) is 25.2 Å². The fraction of sp³-hybridized carbons (Fsp3) is 0.417. The quantitative estimate of drug-likeness (QED) is 0.843. The molecule has 1 atom stereocenters. The smallest absolute Gasteiger partial charge is 0.339 e. The van der Waals surface area contributed by atoms with Crippen molar-refractivity contribution in [2.45, 2.75) is 25.9 Å². The maximum Gasteiger partial charge on any atom is 0.339 e. The van der Waals surface area contributed by atoms with E-state index in [4.69, 9.17) is 5.11 Å². The molecule has 0 fully saturated rings. The van der Waals surface area contributed by atoms with Crippen LogP contribution < -0.4 is 5.32 Å². The van der Waals surface area contributed by atoms with Crippen LogP contribution in [0.25, 0.3) is 0 Å². The summed E-state index contributed by atoms with van der Waals surface area (Å²) in [5, 5.41) is 19.4. The molecule has 0 aliphatic carbocycles. The summed E-state index contributed by atoms with van der Waals surface area (Å²) in [6.45, 7) is 2.52. The van der Waals surface area contributed by atoms with Crippen LogP contribution in [0, 0.1) is 0 Å². The fourth-order valence-electron chi connectivity index (χ4n) is 1.88. The molecule has 0 spiro atoms. The molecule has 0 aromatic carbocycles.